The summed E-state index contributed by atoms with van der Waals surface area (Å²) in [6.07, 6.45) is 7.12. The third-order valence-electron chi connectivity index (χ3n) is 4.18. The number of benzene rings is 1. The molecule has 2 atom stereocenters. The zero-order valence-corrected chi connectivity index (χ0v) is 15.6. The number of ether oxygens (including phenoxy) is 2. The molecule has 1 aliphatic rings. The lowest BCUT2D eigenvalue weighted by molar-refractivity contribution is -0.150. The number of nitrogens with one attached hydrogen (secondary N) is 1. The predicted molar refractivity (Wildman–Crippen MR) is 104 cm³/mol. The van der Waals surface area contributed by atoms with Crippen LogP contribution in [0.15, 0.2) is 53.6 Å². The summed E-state index contributed by atoms with van der Waals surface area (Å²) in [5.74, 6) is 2.32. The summed E-state index contributed by atoms with van der Waals surface area (Å²) in [4.78, 5) is 13.4. The van der Waals surface area contributed by atoms with E-state index in [9.17, 15) is 4.79 Å². The van der Waals surface area contributed by atoms with E-state index in [1.54, 1.807) is 11.3 Å². The maximum Gasteiger partial charge on any atom is 0.286 e. The Morgan fingerprint density at radius 3 is 2.78 bits per heavy atom. The first-order chi connectivity index (χ1) is 13.2. The highest BCUT2D eigenvalue weighted by molar-refractivity contribution is 7.10. The number of thiophene rings is 1. The normalized spacial score (nSPS) is 18.9. The van der Waals surface area contributed by atoms with Gasteiger partial charge in [-0.15, -0.1) is 17.8 Å². The maximum absolute atomic E-state index is 12.3. The monoisotopic (exact) mass is 383 g/mol. The smallest absolute Gasteiger partial charge is 0.286 e. The van der Waals surface area contributed by atoms with Gasteiger partial charge in [-0.2, -0.15) is 0 Å². The van der Waals surface area contributed by atoms with Gasteiger partial charge >= 0.3 is 0 Å². The average Bonchev–Trinajstić information content (AvgIpc) is 3.25. The lowest BCUT2D eigenvalue weighted by atomic mass is 9.99. The Balaban J connectivity index is 1.68. The van der Waals surface area contributed by atoms with E-state index < -0.39 is 6.29 Å². The summed E-state index contributed by atoms with van der Waals surface area (Å²) in [5, 5.41) is 13.8. The third-order valence-corrected chi connectivity index (χ3v) is 5.19. The molecule has 0 aliphatic carbocycles. The lowest BCUT2D eigenvalue weighted by Gasteiger charge is -2.28. The first-order valence-electron chi connectivity index (χ1n) is 8.63. The minimum absolute atomic E-state index is 0.0102. The Bertz CT molecular complexity index is 821. The second-order valence-electron chi connectivity index (χ2n) is 6.11. The van der Waals surface area contributed by atoms with Gasteiger partial charge in [0, 0.05) is 17.2 Å². The van der Waals surface area contributed by atoms with Crippen molar-refractivity contribution in [1.29, 1.82) is 0 Å². The maximum atomic E-state index is 12.3. The number of carbonyl (C=O) groups is 1. The standard InChI is InChI=1S/C21H21NO4S/c1-2-9-22-21(24)18-11-17(19-4-3-10-27-19)12-20(26-18)25-14-16-7-5-15(13-23)6-8-16/h1,3-8,10-11,17,20,23H,9,12-14H2,(H,22,24)/t17-,20+/m1/s1. The van der Waals surface area contributed by atoms with Crippen molar-refractivity contribution in [1.82, 2.24) is 5.32 Å². The van der Waals surface area contributed by atoms with Crippen molar-refractivity contribution in [3.05, 3.63) is 69.6 Å². The Morgan fingerprint density at radius 2 is 2.11 bits per heavy atom. The number of aliphatic hydroxyl groups excluding tert-OH is 1. The van der Waals surface area contributed by atoms with Crippen LogP contribution in [0.3, 0.4) is 0 Å². The van der Waals surface area contributed by atoms with E-state index in [4.69, 9.17) is 21.0 Å². The van der Waals surface area contributed by atoms with E-state index in [2.05, 4.69) is 11.2 Å². The molecule has 27 heavy (non-hydrogen) atoms. The molecule has 1 aromatic carbocycles. The molecule has 0 bridgehead atoms. The van der Waals surface area contributed by atoms with Crippen LogP contribution in [-0.2, 0) is 27.5 Å². The fourth-order valence-electron chi connectivity index (χ4n) is 2.77. The molecule has 5 nitrogen and oxygen atoms in total. The number of rotatable bonds is 7. The molecule has 6 heteroatoms. The molecule has 0 fully saturated rings. The Kier molecular flexibility index (Phi) is 6.66. The van der Waals surface area contributed by atoms with Crippen LogP contribution >= 0.6 is 11.3 Å². The van der Waals surface area contributed by atoms with E-state index in [0.29, 0.717) is 13.0 Å². The molecule has 0 spiro atoms. The van der Waals surface area contributed by atoms with Gasteiger partial charge in [0.2, 0.25) is 6.29 Å². The van der Waals surface area contributed by atoms with Crippen molar-refractivity contribution in [2.75, 3.05) is 6.54 Å². The zero-order valence-electron chi connectivity index (χ0n) is 14.8. The van der Waals surface area contributed by atoms with Crippen LogP contribution in [0.25, 0.3) is 0 Å². The number of hydrogen-bond donors (Lipinski definition) is 2. The lowest BCUT2D eigenvalue weighted by Crippen LogP contribution is -2.32. The van der Waals surface area contributed by atoms with Crippen molar-refractivity contribution in [2.24, 2.45) is 0 Å². The summed E-state index contributed by atoms with van der Waals surface area (Å²) in [7, 11) is 0. The topological polar surface area (TPSA) is 67.8 Å². The van der Waals surface area contributed by atoms with Gasteiger partial charge in [-0.3, -0.25) is 4.79 Å². The molecule has 1 aromatic heterocycles. The summed E-state index contributed by atoms with van der Waals surface area (Å²) in [6, 6.07) is 11.5. The van der Waals surface area contributed by atoms with Crippen LogP contribution in [0, 0.1) is 12.3 Å². The molecule has 0 unspecified atom stereocenters. The summed E-state index contributed by atoms with van der Waals surface area (Å²) < 4.78 is 11.7. The van der Waals surface area contributed by atoms with Gasteiger partial charge in [0.1, 0.15) is 0 Å². The van der Waals surface area contributed by atoms with Gasteiger partial charge in [-0.25, -0.2) is 0 Å². The largest absolute Gasteiger partial charge is 0.459 e. The molecule has 140 valence electrons. The van der Waals surface area contributed by atoms with Crippen molar-refractivity contribution in [2.45, 2.75) is 31.8 Å². The van der Waals surface area contributed by atoms with E-state index in [1.165, 1.54) is 0 Å². The van der Waals surface area contributed by atoms with Crippen LogP contribution in [0.5, 0.6) is 0 Å². The number of aliphatic hydroxyl groups is 1. The van der Waals surface area contributed by atoms with Gasteiger partial charge in [0.25, 0.3) is 5.91 Å². The summed E-state index contributed by atoms with van der Waals surface area (Å²) >= 11 is 1.64. The minimum Gasteiger partial charge on any atom is -0.459 e. The molecule has 1 aliphatic heterocycles. The highest BCUT2D eigenvalue weighted by Gasteiger charge is 2.29. The Labute approximate surface area is 162 Å². The number of hydrogen-bond acceptors (Lipinski definition) is 5. The average molecular weight is 383 g/mol. The minimum atomic E-state index is -0.536. The number of allylic oxidation sites excluding steroid dienone is 1. The number of terminal acetylenes is 1. The molecule has 0 saturated heterocycles. The second-order valence-corrected chi connectivity index (χ2v) is 7.09. The summed E-state index contributed by atoms with van der Waals surface area (Å²) in [6.45, 7) is 0.509. The van der Waals surface area contributed by atoms with Gasteiger partial charge in [0.05, 0.1) is 19.8 Å². The summed E-state index contributed by atoms with van der Waals surface area (Å²) in [5.41, 5.74) is 1.82. The van der Waals surface area contributed by atoms with E-state index in [1.807, 2.05) is 47.9 Å². The molecule has 0 radical (unpaired) electrons. The molecular weight excluding hydrogens is 362 g/mol. The van der Waals surface area contributed by atoms with Gasteiger partial charge in [0.15, 0.2) is 5.76 Å². The molecule has 2 aromatic rings. The van der Waals surface area contributed by atoms with Crippen LogP contribution in [0.4, 0.5) is 0 Å². The van der Waals surface area contributed by atoms with Crippen molar-refractivity contribution in [3.63, 3.8) is 0 Å². The zero-order chi connectivity index (χ0) is 19.1. The second kappa shape index (κ2) is 9.38. The highest BCUT2D eigenvalue weighted by Crippen LogP contribution is 2.34. The third kappa shape index (κ3) is 5.20. The first-order valence-corrected chi connectivity index (χ1v) is 9.51. The SMILES string of the molecule is C#CCNC(=O)C1=C[C@@H](c2cccs2)C[C@@H](OCc2ccc(CO)cc2)O1. The van der Waals surface area contributed by atoms with E-state index >= 15 is 0 Å². The van der Waals surface area contributed by atoms with Crippen molar-refractivity contribution < 1.29 is 19.4 Å². The molecule has 1 amide bonds. The van der Waals surface area contributed by atoms with Crippen LogP contribution in [0.1, 0.15) is 28.3 Å². The molecule has 2 heterocycles. The number of carbonyl (C=O) groups excluding carboxylic acids is 1. The van der Waals surface area contributed by atoms with Gasteiger partial charge in [-0.1, -0.05) is 36.3 Å². The number of amides is 1. The highest BCUT2D eigenvalue weighted by atomic mass is 32.1. The first kappa shape index (κ1) is 19.2. The van der Waals surface area contributed by atoms with E-state index in [-0.39, 0.29) is 30.7 Å². The molecular formula is C21H21NO4S. The molecule has 0 saturated carbocycles. The molecule has 2 N–H and O–H groups in total. The van der Waals surface area contributed by atoms with Gasteiger partial charge in [-0.05, 0) is 28.6 Å². The van der Waals surface area contributed by atoms with Crippen LogP contribution in [0.2, 0.25) is 0 Å². The van der Waals surface area contributed by atoms with Crippen LogP contribution < -0.4 is 5.32 Å². The quantitative estimate of drug-likeness (QED) is 0.722. The van der Waals surface area contributed by atoms with E-state index in [0.717, 1.165) is 16.0 Å². The van der Waals surface area contributed by atoms with Crippen molar-refractivity contribution >= 4 is 17.2 Å². The Hall–Kier alpha value is -2.59. The van der Waals surface area contributed by atoms with Crippen LogP contribution in [-0.4, -0.2) is 23.8 Å². The molecule has 3 rings (SSSR count). The van der Waals surface area contributed by atoms with Gasteiger partial charge < -0.3 is 19.9 Å². The fourth-order valence-corrected chi connectivity index (χ4v) is 3.58. The fraction of sp³-hybridized carbons (Fsp3) is 0.286. The predicted octanol–water partition coefficient (Wildman–Crippen LogP) is 2.92. The Morgan fingerprint density at radius 1 is 1.33 bits per heavy atom. The van der Waals surface area contributed by atoms with Crippen molar-refractivity contribution in [3.8, 4) is 12.3 Å².